The first-order chi connectivity index (χ1) is 15.3. The van der Waals surface area contributed by atoms with Crippen molar-refractivity contribution in [2.45, 2.75) is 18.0 Å². The van der Waals surface area contributed by atoms with Gasteiger partial charge in [0.15, 0.2) is 10.7 Å². The van der Waals surface area contributed by atoms with Crippen LogP contribution in [-0.4, -0.2) is 54.4 Å². The van der Waals surface area contributed by atoms with E-state index in [4.69, 9.17) is 37.7 Å². The highest BCUT2D eigenvalue weighted by Crippen LogP contribution is 2.43. The van der Waals surface area contributed by atoms with E-state index >= 15 is 0 Å². The van der Waals surface area contributed by atoms with Crippen LogP contribution in [0.1, 0.15) is 17.5 Å². The van der Waals surface area contributed by atoms with Crippen molar-refractivity contribution < 1.29 is 23.9 Å². The lowest BCUT2D eigenvalue weighted by Crippen LogP contribution is -2.50. The highest BCUT2D eigenvalue weighted by molar-refractivity contribution is 8.13. The van der Waals surface area contributed by atoms with Crippen LogP contribution in [0, 0.1) is 0 Å². The number of hydrogen-bond donors (Lipinski definition) is 0. The molecule has 10 heteroatoms. The van der Waals surface area contributed by atoms with Crippen molar-refractivity contribution in [3.8, 4) is 0 Å². The number of thioether (sulfide) groups is 1. The molecule has 32 heavy (non-hydrogen) atoms. The molecule has 0 fully saturated rings. The number of amidine groups is 1. The Hall–Kier alpha value is -2.55. The zero-order valence-corrected chi connectivity index (χ0v) is 19.8. The van der Waals surface area contributed by atoms with Gasteiger partial charge in [-0.05, 0) is 41.6 Å². The molecule has 2 aromatic rings. The maximum Gasteiger partial charge on any atom is 0.329 e. The van der Waals surface area contributed by atoms with E-state index in [0.29, 0.717) is 21.2 Å². The summed E-state index contributed by atoms with van der Waals surface area (Å²) in [4.78, 5) is 44.7. The fourth-order valence-electron chi connectivity index (χ4n) is 3.51. The fraction of sp³-hybridized carbons (Fsp3) is 0.273. The molecule has 0 aliphatic carbocycles. The van der Waals surface area contributed by atoms with E-state index in [1.54, 1.807) is 54.8 Å². The first-order valence-corrected chi connectivity index (χ1v) is 11.4. The molecular weight excluding hydrogens is 475 g/mol. The minimum atomic E-state index is -1.50. The van der Waals surface area contributed by atoms with Crippen molar-refractivity contribution in [1.29, 1.82) is 0 Å². The predicted octanol–water partition coefficient (Wildman–Crippen LogP) is 3.90. The van der Waals surface area contributed by atoms with Crippen LogP contribution in [0.25, 0.3) is 0 Å². The molecule has 2 aromatic carbocycles. The monoisotopic (exact) mass is 494 g/mol. The fourth-order valence-corrected chi connectivity index (χ4v) is 4.39. The summed E-state index contributed by atoms with van der Waals surface area (Å²) in [7, 11) is 2.40. The van der Waals surface area contributed by atoms with E-state index < -0.39 is 29.4 Å². The van der Waals surface area contributed by atoms with Crippen molar-refractivity contribution in [2.24, 2.45) is 4.99 Å². The Bertz CT molecular complexity index is 1010. The van der Waals surface area contributed by atoms with Crippen LogP contribution in [-0.2, 0) is 29.4 Å². The van der Waals surface area contributed by atoms with E-state index in [9.17, 15) is 14.4 Å². The summed E-state index contributed by atoms with van der Waals surface area (Å²) in [5, 5.41) is 1.25. The summed E-state index contributed by atoms with van der Waals surface area (Å²) in [6.45, 7) is 0. The molecule has 0 saturated heterocycles. The van der Waals surface area contributed by atoms with Crippen LogP contribution in [0.4, 0.5) is 0 Å². The molecule has 1 aliphatic heterocycles. The van der Waals surface area contributed by atoms with Crippen molar-refractivity contribution in [2.75, 3.05) is 20.5 Å². The quantitative estimate of drug-likeness (QED) is 0.566. The number of hydrogen-bond acceptors (Lipinski definition) is 7. The first-order valence-electron chi connectivity index (χ1n) is 9.42. The highest BCUT2D eigenvalue weighted by atomic mass is 35.5. The molecule has 1 atom stereocenters. The van der Waals surface area contributed by atoms with Crippen molar-refractivity contribution in [1.82, 2.24) is 4.90 Å². The molecule has 0 radical (unpaired) electrons. The predicted molar refractivity (Wildman–Crippen MR) is 124 cm³/mol. The van der Waals surface area contributed by atoms with Gasteiger partial charge in [0.2, 0.25) is 0 Å². The second kappa shape index (κ2) is 9.94. The number of halogens is 2. The lowest BCUT2D eigenvalue weighted by molar-refractivity contribution is -0.154. The summed E-state index contributed by atoms with van der Waals surface area (Å²) < 4.78 is 9.61. The van der Waals surface area contributed by atoms with Crippen LogP contribution in [0.3, 0.4) is 0 Å². The smallest absolute Gasteiger partial charge is 0.329 e. The van der Waals surface area contributed by atoms with E-state index in [2.05, 4.69) is 0 Å². The summed E-state index contributed by atoms with van der Waals surface area (Å²) in [6, 6.07) is 12.2. The Morgan fingerprint density at radius 1 is 1.00 bits per heavy atom. The second-order valence-corrected chi connectivity index (χ2v) is 8.46. The first kappa shape index (κ1) is 24.1. The van der Waals surface area contributed by atoms with Crippen LogP contribution >= 0.6 is 35.0 Å². The molecular formula is C22H20Cl2N2O5S. The Morgan fingerprint density at radius 3 is 1.91 bits per heavy atom. The molecule has 1 amide bonds. The van der Waals surface area contributed by atoms with Crippen molar-refractivity contribution in [3.63, 3.8) is 0 Å². The SMILES string of the molecule is COC(=O)CC(C(=O)OC)N1C(=O)C(c2ccc(Cl)cc2)(c2ccc(Cl)cc2)N=C1SC. The lowest BCUT2D eigenvalue weighted by Gasteiger charge is -2.30. The van der Waals surface area contributed by atoms with Gasteiger partial charge < -0.3 is 9.47 Å². The van der Waals surface area contributed by atoms with E-state index in [1.807, 2.05) is 0 Å². The molecule has 0 bridgehead atoms. The third kappa shape index (κ3) is 4.35. The number of amides is 1. The van der Waals surface area contributed by atoms with Gasteiger partial charge in [0.1, 0.15) is 6.04 Å². The minimum absolute atomic E-state index is 0.263. The van der Waals surface area contributed by atoms with Gasteiger partial charge in [0.25, 0.3) is 5.91 Å². The molecule has 0 saturated carbocycles. The van der Waals surface area contributed by atoms with E-state index in [1.165, 1.54) is 30.9 Å². The lowest BCUT2D eigenvalue weighted by atomic mass is 9.82. The maximum atomic E-state index is 14.1. The standard InChI is InChI=1S/C22H20Cl2N2O5S/c1-30-18(27)12-17(19(28)31-2)26-20(29)22(25-21(26)32-3,13-4-8-15(23)9-5-13)14-6-10-16(24)11-7-14/h4-11,17H,12H2,1-3H3. The van der Waals surface area contributed by atoms with Crippen LogP contribution < -0.4 is 0 Å². The van der Waals surface area contributed by atoms with Gasteiger partial charge in [-0.15, -0.1) is 0 Å². The molecule has 1 heterocycles. The normalized spacial score (nSPS) is 15.8. The summed E-state index contributed by atoms with van der Waals surface area (Å²) in [5.74, 6) is -1.93. The number of carbonyl (C=O) groups excluding carboxylic acids is 3. The van der Waals surface area contributed by atoms with Gasteiger partial charge >= 0.3 is 11.9 Å². The minimum Gasteiger partial charge on any atom is -0.469 e. The average Bonchev–Trinajstić information content (AvgIpc) is 3.10. The molecule has 7 nitrogen and oxygen atoms in total. The van der Waals surface area contributed by atoms with Gasteiger partial charge in [-0.1, -0.05) is 59.2 Å². The third-order valence-corrected chi connectivity index (χ3v) is 6.23. The maximum absolute atomic E-state index is 14.1. The van der Waals surface area contributed by atoms with Crippen molar-refractivity contribution in [3.05, 3.63) is 69.7 Å². The number of aliphatic imine (C=N–C) groups is 1. The van der Waals surface area contributed by atoms with Crippen LogP contribution in [0.5, 0.6) is 0 Å². The Kier molecular flexibility index (Phi) is 7.48. The van der Waals surface area contributed by atoms with E-state index in [-0.39, 0.29) is 11.6 Å². The molecule has 0 aromatic heterocycles. The summed E-state index contributed by atoms with van der Waals surface area (Å²) in [5.41, 5.74) is -0.412. The number of carbonyl (C=O) groups is 3. The van der Waals surface area contributed by atoms with Gasteiger partial charge in [-0.2, -0.15) is 0 Å². The largest absolute Gasteiger partial charge is 0.469 e. The Morgan fingerprint density at radius 2 is 1.50 bits per heavy atom. The topological polar surface area (TPSA) is 85.3 Å². The van der Waals surface area contributed by atoms with Gasteiger partial charge in [0, 0.05) is 10.0 Å². The number of nitrogens with zero attached hydrogens (tertiary/aromatic N) is 2. The molecule has 3 rings (SSSR count). The van der Waals surface area contributed by atoms with Crippen LogP contribution in [0.2, 0.25) is 10.0 Å². The summed E-state index contributed by atoms with van der Waals surface area (Å²) >= 11 is 13.3. The Balaban J connectivity index is 2.22. The van der Waals surface area contributed by atoms with Gasteiger partial charge in [0.05, 0.1) is 20.6 Å². The number of esters is 2. The molecule has 0 N–H and O–H groups in total. The number of ether oxygens (including phenoxy) is 2. The average molecular weight is 495 g/mol. The molecule has 168 valence electrons. The van der Waals surface area contributed by atoms with Crippen molar-refractivity contribution >= 4 is 58.0 Å². The summed E-state index contributed by atoms with van der Waals surface area (Å²) in [6.07, 6.45) is 1.34. The molecule has 1 aliphatic rings. The number of benzene rings is 2. The zero-order chi connectivity index (χ0) is 23.5. The van der Waals surface area contributed by atoms with E-state index in [0.717, 1.165) is 0 Å². The van der Waals surface area contributed by atoms with Gasteiger partial charge in [-0.3, -0.25) is 14.5 Å². The third-order valence-electron chi connectivity index (χ3n) is 5.08. The van der Waals surface area contributed by atoms with Gasteiger partial charge in [-0.25, -0.2) is 9.79 Å². The molecule has 0 spiro atoms. The number of rotatable bonds is 6. The molecule has 1 unspecified atom stereocenters. The second-order valence-electron chi connectivity index (χ2n) is 6.82. The number of methoxy groups -OCH3 is 2. The van der Waals surface area contributed by atoms with Crippen LogP contribution in [0.15, 0.2) is 53.5 Å². The zero-order valence-electron chi connectivity index (χ0n) is 17.5. The Labute approximate surface area is 199 Å². The highest BCUT2D eigenvalue weighted by Gasteiger charge is 2.54.